The lowest BCUT2D eigenvalue weighted by Crippen LogP contribution is -2.23. The van der Waals surface area contributed by atoms with Crippen molar-refractivity contribution >= 4 is 10.0 Å². The van der Waals surface area contributed by atoms with Crippen molar-refractivity contribution in [2.75, 3.05) is 7.11 Å². The zero-order chi connectivity index (χ0) is 16.2. The van der Waals surface area contributed by atoms with Crippen LogP contribution >= 0.6 is 0 Å². The Labute approximate surface area is 128 Å². The third kappa shape index (κ3) is 4.18. The molecule has 0 bridgehead atoms. The Hall–Kier alpha value is -2.13. The van der Waals surface area contributed by atoms with E-state index in [9.17, 15) is 8.42 Å². The first-order valence-electron chi connectivity index (χ1n) is 6.51. The quantitative estimate of drug-likeness (QED) is 0.818. The third-order valence-corrected chi connectivity index (χ3v) is 3.92. The Bertz CT molecular complexity index is 727. The van der Waals surface area contributed by atoms with Crippen molar-refractivity contribution in [2.24, 2.45) is 0 Å². The van der Waals surface area contributed by atoms with E-state index in [4.69, 9.17) is 14.0 Å². The van der Waals surface area contributed by atoms with E-state index in [1.807, 2.05) is 13.8 Å². The van der Waals surface area contributed by atoms with E-state index in [0.29, 0.717) is 11.5 Å². The molecule has 0 saturated heterocycles. The Morgan fingerprint density at radius 3 is 2.73 bits per heavy atom. The molecule has 0 atom stereocenters. The van der Waals surface area contributed by atoms with Gasteiger partial charge in [0.05, 0.1) is 26.0 Å². The summed E-state index contributed by atoms with van der Waals surface area (Å²) in [6.07, 6.45) is 2.63. The molecule has 2 rings (SSSR count). The fourth-order valence-corrected chi connectivity index (χ4v) is 2.58. The zero-order valence-corrected chi connectivity index (χ0v) is 13.3. The maximum absolute atomic E-state index is 12.2. The minimum atomic E-state index is -3.74. The van der Waals surface area contributed by atoms with E-state index >= 15 is 0 Å². The van der Waals surface area contributed by atoms with E-state index in [1.54, 1.807) is 0 Å². The molecule has 1 N–H and O–H groups in total. The number of methoxy groups -OCH3 is 1. The summed E-state index contributed by atoms with van der Waals surface area (Å²) >= 11 is 0. The summed E-state index contributed by atoms with van der Waals surface area (Å²) in [7, 11) is -2.29. The van der Waals surface area contributed by atoms with E-state index in [1.165, 1.54) is 31.6 Å². The Kier molecular flexibility index (Phi) is 4.99. The average molecular weight is 327 g/mol. The third-order valence-electron chi connectivity index (χ3n) is 2.55. The van der Waals surface area contributed by atoms with E-state index < -0.39 is 10.0 Å². The van der Waals surface area contributed by atoms with Gasteiger partial charge >= 0.3 is 0 Å². The molecule has 0 aromatic carbocycles. The highest BCUT2D eigenvalue weighted by Crippen LogP contribution is 2.17. The molecule has 22 heavy (non-hydrogen) atoms. The van der Waals surface area contributed by atoms with Crippen LogP contribution in [0.1, 0.15) is 19.6 Å². The molecule has 2 heterocycles. The molecule has 0 unspecified atom stereocenters. The van der Waals surface area contributed by atoms with Gasteiger partial charge in [0.2, 0.25) is 10.0 Å². The smallest absolute Gasteiger partial charge is 0.254 e. The molecule has 8 nitrogen and oxygen atoms in total. The van der Waals surface area contributed by atoms with Crippen molar-refractivity contribution < 1.29 is 22.4 Å². The second-order valence-electron chi connectivity index (χ2n) is 4.68. The largest absolute Gasteiger partial charge is 0.489 e. The first kappa shape index (κ1) is 16.2. The SMILES string of the molecule is COc1cc(CNS(=O)(=O)c2cncc(OC(C)C)c2)on1. The Balaban J connectivity index is 2.09. The molecule has 0 aliphatic heterocycles. The molecule has 2 aromatic rings. The molecule has 120 valence electrons. The highest BCUT2D eigenvalue weighted by Gasteiger charge is 2.17. The maximum atomic E-state index is 12.2. The summed E-state index contributed by atoms with van der Waals surface area (Å²) in [5.41, 5.74) is 0. The lowest BCUT2D eigenvalue weighted by Gasteiger charge is -2.10. The van der Waals surface area contributed by atoms with Crippen molar-refractivity contribution in [3.8, 4) is 11.6 Å². The number of pyridine rings is 1. The lowest BCUT2D eigenvalue weighted by atomic mass is 10.4. The van der Waals surface area contributed by atoms with Gasteiger partial charge in [-0.1, -0.05) is 0 Å². The van der Waals surface area contributed by atoms with Crippen molar-refractivity contribution in [2.45, 2.75) is 31.4 Å². The molecule has 2 aromatic heterocycles. The number of hydrogen-bond acceptors (Lipinski definition) is 7. The number of nitrogens with zero attached hydrogens (tertiary/aromatic N) is 2. The predicted molar refractivity (Wildman–Crippen MR) is 77.1 cm³/mol. The van der Waals surface area contributed by atoms with Crippen LogP contribution in [0.15, 0.2) is 33.9 Å². The van der Waals surface area contributed by atoms with Crippen LogP contribution in [0.3, 0.4) is 0 Å². The number of sulfonamides is 1. The average Bonchev–Trinajstić information content (AvgIpc) is 2.93. The van der Waals surface area contributed by atoms with Gasteiger partial charge in [-0.05, 0) is 19.0 Å². The van der Waals surface area contributed by atoms with Gasteiger partial charge in [-0.2, -0.15) is 0 Å². The van der Waals surface area contributed by atoms with Crippen LogP contribution in [0.4, 0.5) is 0 Å². The Morgan fingerprint density at radius 1 is 1.32 bits per heavy atom. The maximum Gasteiger partial charge on any atom is 0.254 e. The van der Waals surface area contributed by atoms with Crippen LogP contribution in [0, 0.1) is 0 Å². The van der Waals surface area contributed by atoms with Crippen LogP contribution in [-0.4, -0.2) is 31.8 Å². The molecular formula is C13H17N3O5S. The molecule has 0 aliphatic carbocycles. The van der Waals surface area contributed by atoms with Gasteiger partial charge in [0.15, 0.2) is 5.76 Å². The first-order valence-corrected chi connectivity index (χ1v) is 8.00. The van der Waals surface area contributed by atoms with Crippen LogP contribution in [-0.2, 0) is 16.6 Å². The summed E-state index contributed by atoms with van der Waals surface area (Å²) in [5, 5.41) is 3.59. The van der Waals surface area contributed by atoms with Crippen molar-refractivity contribution in [3.05, 3.63) is 30.3 Å². The van der Waals surface area contributed by atoms with Gasteiger partial charge in [0.25, 0.3) is 5.88 Å². The van der Waals surface area contributed by atoms with Gasteiger partial charge in [-0.15, -0.1) is 0 Å². The fourth-order valence-electron chi connectivity index (χ4n) is 1.61. The highest BCUT2D eigenvalue weighted by molar-refractivity contribution is 7.89. The molecule has 0 amide bonds. The van der Waals surface area contributed by atoms with Gasteiger partial charge in [0.1, 0.15) is 10.6 Å². The van der Waals surface area contributed by atoms with Gasteiger partial charge in [-0.3, -0.25) is 4.98 Å². The minimum Gasteiger partial charge on any atom is -0.489 e. The summed E-state index contributed by atoms with van der Waals surface area (Å²) in [4.78, 5) is 3.89. The summed E-state index contributed by atoms with van der Waals surface area (Å²) in [6, 6.07) is 2.91. The summed E-state index contributed by atoms with van der Waals surface area (Å²) in [5.74, 6) is 1.00. The number of ether oxygens (including phenoxy) is 2. The van der Waals surface area contributed by atoms with Gasteiger partial charge < -0.3 is 14.0 Å². The number of aromatic nitrogens is 2. The number of rotatable bonds is 7. The number of hydrogen-bond donors (Lipinski definition) is 1. The van der Waals surface area contributed by atoms with Gasteiger partial charge in [-0.25, -0.2) is 13.1 Å². The molecular weight excluding hydrogens is 310 g/mol. The van der Waals surface area contributed by atoms with Crippen LogP contribution in [0.25, 0.3) is 0 Å². The molecule has 0 saturated carbocycles. The summed E-state index contributed by atoms with van der Waals surface area (Å²) in [6.45, 7) is 3.64. The topological polar surface area (TPSA) is 104 Å². The fraction of sp³-hybridized carbons (Fsp3) is 0.385. The normalized spacial score (nSPS) is 11.6. The first-order chi connectivity index (χ1) is 10.4. The second-order valence-corrected chi connectivity index (χ2v) is 6.45. The molecule has 0 radical (unpaired) electrons. The van der Waals surface area contributed by atoms with E-state index in [2.05, 4.69) is 14.9 Å². The van der Waals surface area contributed by atoms with E-state index in [-0.39, 0.29) is 23.4 Å². The lowest BCUT2D eigenvalue weighted by molar-refractivity contribution is 0.241. The zero-order valence-electron chi connectivity index (χ0n) is 12.4. The molecule has 9 heteroatoms. The van der Waals surface area contributed by atoms with Crippen LogP contribution in [0.2, 0.25) is 0 Å². The van der Waals surface area contributed by atoms with Crippen molar-refractivity contribution in [3.63, 3.8) is 0 Å². The van der Waals surface area contributed by atoms with E-state index in [0.717, 1.165) is 0 Å². The number of nitrogens with one attached hydrogen (secondary N) is 1. The minimum absolute atomic E-state index is 0.0112. The molecule has 0 spiro atoms. The van der Waals surface area contributed by atoms with Gasteiger partial charge in [0, 0.05) is 18.3 Å². The second kappa shape index (κ2) is 6.75. The standard InChI is InChI=1S/C13H17N3O5S/c1-9(2)20-10-4-12(8-14-6-10)22(17,18)15-7-11-5-13(19-3)16-21-11/h4-6,8-9,15H,7H2,1-3H3. The monoisotopic (exact) mass is 327 g/mol. The summed E-state index contributed by atoms with van der Waals surface area (Å²) < 4.78 is 42.0. The highest BCUT2D eigenvalue weighted by atomic mass is 32.2. The van der Waals surface area contributed by atoms with Crippen LogP contribution in [0.5, 0.6) is 11.6 Å². The van der Waals surface area contributed by atoms with Crippen molar-refractivity contribution in [1.29, 1.82) is 0 Å². The van der Waals surface area contributed by atoms with Crippen molar-refractivity contribution in [1.82, 2.24) is 14.9 Å². The molecule has 0 fully saturated rings. The predicted octanol–water partition coefficient (Wildman–Crippen LogP) is 1.34. The van der Waals surface area contributed by atoms with Crippen LogP contribution < -0.4 is 14.2 Å². The Morgan fingerprint density at radius 2 is 2.09 bits per heavy atom. The molecule has 0 aliphatic rings.